The van der Waals surface area contributed by atoms with Crippen LogP contribution in [0.1, 0.15) is 36.9 Å². The van der Waals surface area contributed by atoms with Crippen LogP contribution in [0.25, 0.3) is 5.52 Å². The van der Waals surface area contributed by atoms with Gasteiger partial charge >= 0.3 is 0 Å². The third-order valence-electron chi connectivity index (χ3n) is 6.26. The summed E-state index contributed by atoms with van der Waals surface area (Å²) in [7, 11) is 1.62. The molecule has 156 valence electrons. The first-order chi connectivity index (χ1) is 14.7. The van der Waals surface area contributed by atoms with Crippen molar-refractivity contribution in [2.24, 2.45) is 5.92 Å². The molecule has 5 rings (SSSR count). The number of anilines is 2. The van der Waals surface area contributed by atoms with Crippen LogP contribution in [-0.2, 0) is 17.6 Å². The lowest BCUT2D eigenvalue weighted by atomic mass is 9.95. The van der Waals surface area contributed by atoms with Crippen molar-refractivity contribution in [2.45, 2.75) is 38.5 Å². The Morgan fingerprint density at radius 3 is 2.97 bits per heavy atom. The first-order valence-corrected chi connectivity index (χ1v) is 10.8. The molecule has 0 spiro atoms. The van der Waals surface area contributed by atoms with Crippen LogP contribution >= 0.6 is 0 Å². The van der Waals surface area contributed by atoms with Crippen molar-refractivity contribution < 1.29 is 9.53 Å². The van der Waals surface area contributed by atoms with Crippen LogP contribution in [0, 0.1) is 5.92 Å². The minimum Gasteiger partial charge on any atom is -0.495 e. The normalized spacial score (nSPS) is 18.8. The van der Waals surface area contributed by atoms with Gasteiger partial charge in [-0.1, -0.05) is 12.1 Å². The number of fused-ring (bicyclic) bond motifs is 3. The Kier molecular flexibility index (Phi) is 5.02. The van der Waals surface area contributed by atoms with Crippen molar-refractivity contribution in [1.82, 2.24) is 14.6 Å². The molecule has 1 aromatic carbocycles. The van der Waals surface area contributed by atoms with E-state index >= 15 is 0 Å². The number of aromatic nitrogens is 3. The van der Waals surface area contributed by atoms with Crippen molar-refractivity contribution in [2.75, 3.05) is 30.4 Å². The van der Waals surface area contributed by atoms with Gasteiger partial charge in [0.05, 0.1) is 24.4 Å². The molecule has 3 heterocycles. The van der Waals surface area contributed by atoms with Gasteiger partial charge in [-0.3, -0.25) is 4.79 Å². The Balaban J connectivity index is 1.39. The van der Waals surface area contributed by atoms with Gasteiger partial charge in [-0.05, 0) is 50.7 Å². The first kappa shape index (κ1) is 18.9. The summed E-state index contributed by atoms with van der Waals surface area (Å²) in [5, 5.41) is 7.85. The van der Waals surface area contributed by atoms with Crippen LogP contribution < -0.4 is 15.0 Å². The number of benzene rings is 1. The van der Waals surface area contributed by atoms with E-state index in [4.69, 9.17) is 14.8 Å². The van der Waals surface area contributed by atoms with Crippen LogP contribution in [0.2, 0.25) is 0 Å². The zero-order valence-electron chi connectivity index (χ0n) is 17.3. The summed E-state index contributed by atoms with van der Waals surface area (Å²) in [4.78, 5) is 20.0. The van der Waals surface area contributed by atoms with E-state index in [1.54, 1.807) is 7.11 Å². The smallest absolute Gasteiger partial charge is 0.229 e. The molecule has 1 N–H and O–H groups in total. The Morgan fingerprint density at radius 2 is 2.07 bits per heavy atom. The van der Waals surface area contributed by atoms with Gasteiger partial charge in [-0.2, -0.15) is 5.10 Å². The summed E-state index contributed by atoms with van der Waals surface area (Å²) in [5.41, 5.74) is 4.38. The largest absolute Gasteiger partial charge is 0.495 e. The molecule has 1 fully saturated rings. The van der Waals surface area contributed by atoms with Crippen molar-refractivity contribution >= 4 is 22.9 Å². The number of hydrogen-bond donors (Lipinski definition) is 1. The van der Waals surface area contributed by atoms with E-state index < -0.39 is 0 Å². The highest BCUT2D eigenvalue weighted by Gasteiger charge is 2.29. The van der Waals surface area contributed by atoms with Gasteiger partial charge < -0.3 is 15.0 Å². The summed E-state index contributed by atoms with van der Waals surface area (Å²) >= 11 is 0. The lowest BCUT2D eigenvalue weighted by molar-refractivity contribution is -0.120. The molecule has 0 saturated carbocycles. The number of ether oxygens (including phenoxy) is 1. The van der Waals surface area contributed by atoms with E-state index in [1.807, 2.05) is 41.2 Å². The predicted octanol–water partition coefficient (Wildman–Crippen LogP) is 3.47. The Hall–Kier alpha value is -3.09. The number of carbonyl (C=O) groups excluding carboxylic acids is 1. The minimum absolute atomic E-state index is 0.0340. The highest BCUT2D eigenvalue weighted by molar-refractivity contribution is 5.94. The standard InChI is InChI=1S/C23H27N5O2/c1-30-20-11-5-4-10-19(20)25-23(29)16-7-6-13-27(15-16)22-21-17-8-2-3-9-18(17)26-28(21)14-12-24-22/h4-5,10-12,14,16H,2-3,6-9,13,15H2,1H3,(H,25,29)/t16-/m1/s1. The average Bonchev–Trinajstić information content (AvgIpc) is 3.18. The monoisotopic (exact) mass is 405 g/mol. The molecular formula is C23H27N5O2. The molecule has 7 heteroatoms. The summed E-state index contributed by atoms with van der Waals surface area (Å²) in [6.07, 6.45) is 10.1. The maximum atomic E-state index is 13.0. The lowest BCUT2D eigenvalue weighted by Crippen LogP contribution is -2.41. The van der Waals surface area contributed by atoms with Gasteiger partial charge in [0.1, 0.15) is 11.3 Å². The molecular weight excluding hydrogens is 378 g/mol. The number of rotatable bonds is 4. The molecule has 2 aliphatic rings. The number of para-hydroxylation sites is 2. The van der Waals surface area contributed by atoms with E-state index in [1.165, 1.54) is 24.1 Å². The van der Waals surface area contributed by atoms with Crippen LogP contribution in [0.4, 0.5) is 11.5 Å². The van der Waals surface area contributed by atoms with Gasteiger partial charge in [-0.15, -0.1) is 0 Å². The molecule has 2 aromatic heterocycles. The molecule has 0 bridgehead atoms. The number of nitrogens with one attached hydrogen (secondary N) is 1. The van der Waals surface area contributed by atoms with Gasteiger partial charge in [0.2, 0.25) is 5.91 Å². The fourth-order valence-corrected chi connectivity index (χ4v) is 4.74. The second-order valence-corrected chi connectivity index (χ2v) is 8.15. The van der Waals surface area contributed by atoms with Gasteiger partial charge in [-0.25, -0.2) is 9.50 Å². The second kappa shape index (κ2) is 7.97. The first-order valence-electron chi connectivity index (χ1n) is 10.8. The van der Waals surface area contributed by atoms with E-state index in [9.17, 15) is 4.79 Å². The molecule has 30 heavy (non-hydrogen) atoms. The summed E-state index contributed by atoms with van der Waals surface area (Å²) in [5.74, 6) is 1.58. The highest BCUT2D eigenvalue weighted by atomic mass is 16.5. The van der Waals surface area contributed by atoms with Gasteiger partial charge in [0, 0.05) is 31.0 Å². The molecule has 7 nitrogen and oxygen atoms in total. The number of aryl methyl sites for hydroxylation is 2. The minimum atomic E-state index is -0.0931. The van der Waals surface area contributed by atoms with Crippen LogP contribution in [0.3, 0.4) is 0 Å². The predicted molar refractivity (Wildman–Crippen MR) is 116 cm³/mol. The number of piperidine rings is 1. The average molecular weight is 406 g/mol. The third-order valence-corrected chi connectivity index (χ3v) is 6.26. The van der Waals surface area contributed by atoms with Gasteiger partial charge in [0.25, 0.3) is 0 Å². The highest BCUT2D eigenvalue weighted by Crippen LogP contribution is 2.32. The number of carbonyl (C=O) groups is 1. The number of hydrogen-bond acceptors (Lipinski definition) is 5. The van der Waals surface area contributed by atoms with E-state index in [2.05, 4.69) is 10.2 Å². The van der Waals surface area contributed by atoms with Crippen molar-refractivity contribution in [3.05, 3.63) is 47.9 Å². The molecule has 3 aromatic rings. The van der Waals surface area contributed by atoms with Crippen molar-refractivity contribution in [3.63, 3.8) is 0 Å². The summed E-state index contributed by atoms with van der Waals surface area (Å²) < 4.78 is 7.35. The quantitative estimate of drug-likeness (QED) is 0.720. The summed E-state index contributed by atoms with van der Waals surface area (Å²) in [6, 6.07) is 7.53. The molecule has 1 atom stereocenters. The Morgan fingerprint density at radius 1 is 1.20 bits per heavy atom. The van der Waals surface area contributed by atoms with Crippen LogP contribution in [-0.4, -0.2) is 40.7 Å². The molecule has 0 unspecified atom stereocenters. The lowest BCUT2D eigenvalue weighted by Gasteiger charge is -2.33. The van der Waals surface area contributed by atoms with Crippen LogP contribution in [0.15, 0.2) is 36.7 Å². The SMILES string of the molecule is COc1ccccc1NC(=O)[C@@H]1CCCN(c2nccn3nc4c(c23)CCCC4)C1. The van der Waals surface area contributed by atoms with Crippen molar-refractivity contribution in [1.29, 1.82) is 0 Å². The molecule has 0 radical (unpaired) electrons. The maximum absolute atomic E-state index is 13.0. The zero-order chi connectivity index (χ0) is 20.5. The molecule has 1 aliphatic carbocycles. The van der Waals surface area contributed by atoms with E-state index in [0.717, 1.165) is 43.6 Å². The molecule has 1 aliphatic heterocycles. The molecule has 1 saturated heterocycles. The topological polar surface area (TPSA) is 71.8 Å². The number of amides is 1. The Labute approximate surface area is 176 Å². The third kappa shape index (κ3) is 3.38. The van der Waals surface area contributed by atoms with Gasteiger partial charge in [0.15, 0.2) is 5.82 Å². The number of nitrogens with zero attached hydrogens (tertiary/aromatic N) is 4. The number of methoxy groups -OCH3 is 1. The van der Waals surface area contributed by atoms with E-state index in [0.29, 0.717) is 18.0 Å². The van der Waals surface area contributed by atoms with E-state index in [-0.39, 0.29) is 11.8 Å². The molecule has 1 amide bonds. The fraction of sp³-hybridized carbons (Fsp3) is 0.435. The van der Waals surface area contributed by atoms with Crippen molar-refractivity contribution in [3.8, 4) is 5.75 Å². The fourth-order valence-electron chi connectivity index (χ4n) is 4.74. The second-order valence-electron chi connectivity index (χ2n) is 8.15. The maximum Gasteiger partial charge on any atom is 0.229 e. The van der Waals surface area contributed by atoms with Crippen LogP contribution in [0.5, 0.6) is 5.75 Å². The summed E-state index contributed by atoms with van der Waals surface area (Å²) in [6.45, 7) is 1.57. The zero-order valence-corrected chi connectivity index (χ0v) is 17.3. The Bertz CT molecular complexity index is 1080.